The fraction of sp³-hybridized carbons (Fsp3) is 0.0870. The molecule has 0 aliphatic rings. The smallest absolute Gasteiger partial charge is 0.248 e. The zero-order chi connectivity index (χ0) is 20.0. The molecule has 0 fully saturated rings. The minimum Gasteiger partial charge on any atom is -0.331 e. The Morgan fingerprint density at radius 3 is 2.17 bits per heavy atom. The number of carbonyl (C=O) groups is 1. The number of para-hydroxylation sites is 3. The van der Waals surface area contributed by atoms with Crippen LogP contribution in [0, 0.1) is 0 Å². The molecular formula is C23H17N3O2S. The lowest BCUT2D eigenvalue weighted by molar-refractivity contribution is -0.118. The van der Waals surface area contributed by atoms with Gasteiger partial charge in [-0.05, 0) is 36.4 Å². The predicted molar refractivity (Wildman–Crippen MR) is 119 cm³/mol. The maximum atomic E-state index is 13.2. The maximum absolute atomic E-state index is 13.2. The van der Waals surface area contributed by atoms with Gasteiger partial charge in [0.25, 0.3) is 0 Å². The summed E-state index contributed by atoms with van der Waals surface area (Å²) in [4.78, 5) is 32.2. The molecule has 142 valence electrons. The number of fused-ring (bicyclic) bond motifs is 3. The van der Waals surface area contributed by atoms with E-state index in [-0.39, 0.29) is 17.9 Å². The minimum absolute atomic E-state index is 0.0144. The highest BCUT2D eigenvalue weighted by Crippen LogP contribution is 2.28. The Kier molecular flexibility index (Phi) is 4.14. The van der Waals surface area contributed by atoms with Gasteiger partial charge in [-0.15, -0.1) is 0 Å². The molecule has 3 aromatic carbocycles. The molecule has 0 aliphatic carbocycles. The lowest BCUT2D eigenvalue weighted by Gasteiger charge is -2.18. The second-order valence-electron chi connectivity index (χ2n) is 6.87. The van der Waals surface area contributed by atoms with Crippen molar-refractivity contribution in [3.8, 4) is 0 Å². The number of aromatic nitrogens is 2. The molecule has 1 amide bonds. The Balaban J connectivity index is 1.61. The standard InChI is InChI=1S/C23H17N3O2S/c1-25(23-24-17-10-4-7-13-20(17)29-23)21(27)14-26-18-11-5-2-8-15(18)22(28)16-9-3-6-12-19(16)26/h2-13H,14H2,1H3. The summed E-state index contributed by atoms with van der Waals surface area (Å²) in [6.07, 6.45) is 0. The number of hydrogen-bond donors (Lipinski definition) is 0. The molecule has 5 aromatic rings. The molecule has 0 bridgehead atoms. The summed E-state index contributed by atoms with van der Waals surface area (Å²) >= 11 is 1.49. The number of thiazole rings is 1. The predicted octanol–water partition coefficient (Wildman–Crippen LogP) is 4.43. The largest absolute Gasteiger partial charge is 0.331 e. The van der Waals surface area contributed by atoms with E-state index in [0.717, 1.165) is 21.3 Å². The molecule has 0 saturated carbocycles. The number of anilines is 1. The zero-order valence-electron chi connectivity index (χ0n) is 15.7. The van der Waals surface area contributed by atoms with Crippen molar-refractivity contribution in [2.75, 3.05) is 11.9 Å². The van der Waals surface area contributed by atoms with Crippen molar-refractivity contribution >= 4 is 54.4 Å². The van der Waals surface area contributed by atoms with E-state index in [1.165, 1.54) is 11.3 Å². The first-order valence-corrected chi connectivity index (χ1v) is 10.1. The summed E-state index contributed by atoms with van der Waals surface area (Å²) in [7, 11) is 1.74. The molecule has 0 atom stereocenters. The molecule has 0 aliphatic heterocycles. The summed E-state index contributed by atoms with van der Waals surface area (Å²) < 4.78 is 2.96. The van der Waals surface area contributed by atoms with Crippen molar-refractivity contribution in [1.82, 2.24) is 9.55 Å². The Bertz CT molecular complexity index is 1360. The third-order valence-electron chi connectivity index (χ3n) is 5.12. The van der Waals surface area contributed by atoms with Gasteiger partial charge in [0.2, 0.25) is 5.91 Å². The van der Waals surface area contributed by atoms with Crippen LogP contribution in [0.4, 0.5) is 5.13 Å². The molecule has 0 saturated heterocycles. The molecule has 0 radical (unpaired) electrons. The van der Waals surface area contributed by atoms with Gasteiger partial charge in [0.1, 0.15) is 6.54 Å². The molecule has 5 rings (SSSR count). The van der Waals surface area contributed by atoms with E-state index in [0.29, 0.717) is 15.9 Å². The quantitative estimate of drug-likeness (QED) is 0.422. The van der Waals surface area contributed by atoms with Crippen LogP contribution < -0.4 is 10.3 Å². The van der Waals surface area contributed by atoms with E-state index in [4.69, 9.17) is 0 Å². The Hall–Kier alpha value is -3.51. The van der Waals surface area contributed by atoms with Crippen LogP contribution in [0.3, 0.4) is 0 Å². The normalized spacial score (nSPS) is 11.3. The van der Waals surface area contributed by atoms with Crippen LogP contribution in [0.25, 0.3) is 32.0 Å². The summed E-state index contributed by atoms with van der Waals surface area (Å²) in [5, 5.41) is 1.88. The molecule has 5 nitrogen and oxygen atoms in total. The lowest BCUT2D eigenvalue weighted by atomic mass is 10.1. The van der Waals surface area contributed by atoms with Crippen LogP contribution in [0.2, 0.25) is 0 Å². The van der Waals surface area contributed by atoms with Gasteiger partial charge in [-0.2, -0.15) is 0 Å². The fourth-order valence-corrected chi connectivity index (χ4v) is 4.54. The number of pyridine rings is 1. The number of nitrogens with zero attached hydrogens (tertiary/aromatic N) is 3. The number of likely N-dealkylation sites (N-methyl/N-ethyl adjacent to an activating group) is 1. The van der Waals surface area contributed by atoms with Crippen molar-refractivity contribution < 1.29 is 4.79 Å². The molecule has 0 spiro atoms. The summed E-state index contributed by atoms with van der Waals surface area (Å²) in [5.74, 6) is -0.0944. The summed E-state index contributed by atoms with van der Waals surface area (Å²) in [5.41, 5.74) is 2.37. The van der Waals surface area contributed by atoms with Gasteiger partial charge >= 0.3 is 0 Å². The number of benzene rings is 3. The molecular weight excluding hydrogens is 382 g/mol. The van der Waals surface area contributed by atoms with Crippen LogP contribution >= 0.6 is 11.3 Å². The first-order valence-electron chi connectivity index (χ1n) is 9.26. The molecule has 2 heterocycles. The topological polar surface area (TPSA) is 55.2 Å². The highest BCUT2D eigenvalue weighted by molar-refractivity contribution is 7.22. The fourth-order valence-electron chi connectivity index (χ4n) is 3.60. The Morgan fingerprint density at radius 2 is 1.52 bits per heavy atom. The SMILES string of the molecule is CN(C(=O)Cn1c2ccccc2c(=O)c2ccccc21)c1nc2ccccc2s1. The van der Waals surface area contributed by atoms with E-state index >= 15 is 0 Å². The maximum Gasteiger partial charge on any atom is 0.248 e. The first-order chi connectivity index (χ1) is 14.1. The van der Waals surface area contributed by atoms with Crippen molar-refractivity contribution in [3.05, 3.63) is 83.0 Å². The first kappa shape index (κ1) is 17.6. The van der Waals surface area contributed by atoms with Crippen LogP contribution in [-0.4, -0.2) is 22.5 Å². The van der Waals surface area contributed by atoms with Gasteiger partial charge in [0.05, 0.1) is 21.3 Å². The average Bonchev–Trinajstić information content (AvgIpc) is 3.20. The van der Waals surface area contributed by atoms with E-state index in [2.05, 4.69) is 4.98 Å². The van der Waals surface area contributed by atoms with Crippen molar-refractivity contribution in [2.24, 2.45) is 0 Å². The van der Waals surface area contributed by atoms with Crippen LogP contribution in [0.5, 0.6) is 0 Å². The van der Waals surface area contributed by atoms with Gasteiger partial charge in [-0.25, -0.2) is 4.98 Å². The third-order valence-corrected chi connectivity index (χ3v) is 6.23. The lowest BCUT2D eigenvalue weighted by Crippen LogP contribution is -2.30. The number of carbonyl (C=O) groups excluding carboxylic acids is 1. The van der Waals surface area contributed by atoms with Crippen molar-refractivity contribution in [1.29, 1.82) is 0 Å². The van der Waals surface area contributed by atoms with Gasteiger partial charge in [0.15, 0.2) is 10.6 Å². The van der Waals surface area contributed by atoms with E-state index < -0.39 is 0 Å². The van der Waals surface area contributed by atoms with Crippen LogP contribution in [0.15, 0.2) is 77.6 Å². The second-order valence-corrected chi connectivity index (χ2v) is 7.88. The van der Waals surface area contributed by atoms with Crippen molar-refractivity contribution in [3.63, 3.8) is 0 Å². The number of hydrogen-bond acceptors (Lipinski definition) is 4. The Labute approximate surface area is 170 Å². The average molecular weight is 399 g/mol. The Morgan fingerprint density at radius 1 is 0.931 bits per heavy atom. The molecule has 6 heteroatoms. The van der Waals surface area contributed by atoms with Crippen LogP contribution in [-0.2, 0) is 11.3 Å². The van der Waals surface area contributed by atoms with Crippen LogP contribution in [0.1, 0.15) is 0 Å². The zero-order valence-corrected chi connectivity index (χ0v) is 16.5. The molecule has 29 heavy (non-hydrogen) atoms. The van der Waals surface area contributed by atoms with E-state index in [9.17, 15) is 9.59 Å². The molecule has 2 aromatic heterocycles. The molecule has 0 unspecified atom stereocenters. The highest BCUT2D eigenvalue weighted by Gasteiger charge is 2.18. The summed E-state index contributed by atoms with van der Waals surface area (Å²) in [6, 6.07) is 22.7. The van der Waals surface area contributed by atoms with Crippen molar-refractivity contribution in [2.45, 2.75) is 6.54 Å². The van der Waals surface area contributed by atoms with Gasteiger partial charge in [-0.3, -0.25) is 14.5 Å². The monoisotopic (exact) mass is 399 g/mol. The number of rotatable bonds is 3. The van der Waals surface area contributed by atoms with Gasteiger partial charge < -0.3 is 4.57 Å². The van der Waals surface area contributed by atoms with E-state index in [1.807, 2.05) is 77.4 Å². The van der Waals surface area contributed by atoms with Gasteiger partial charge in [-0.1, -0.05) is 47.7 Å². The number of amides is 1. The second kappa shape index (κ2) is 6.83. The minimum atomic E-state index is -0.0944. The van der Waals surface area contributed by atoms with E-state index in [1.54, 1.807) is 11.9 Å². The highest BCUT2D eigenvalue weighted by atomic mass is 32.1. The molecule has 0 N–H and O–H groups in total. The summed E-state index contributed by atoms with van der Waals surface area (Å²) in [6.45, 7) is 0.119. The third kappa shape index (κ3) is 2.89. The van der Waals surface area contributed by atoms with Gasteiger partial charge in [0, 0.05) is 17.8 Å².